The highest BCUT2D eigenvalue weighted by atomic mass is 35.5. The Kier molecular flexibility index (Phi) is 7.91. The number of hydrogen-bond donors (Lipinski definition) is 1. The Morgan fingerprint density at radius 2 is 1.86 bits per heavy atom. The second-order valence-corrected chi connectivity index (χ2v) is 12.0. The largest absolute Gasteiger partial charge is 0.496 e. The zero-order chi connectivity index (χ0) is 31.1. The van der Waals surface area contributed by atoms with E-state index in [0.717, 1.165) is 5.56 Å². The molecule has 0 fully saturated rings. The molecule has 5 rings (SSSR count). The van der Waals surface area contributed by atoms with Crippen LogP contribution >= 0.6 is 11.6 Å². The number of carbonyl (C=O) groups excluding carboxylic acids is 1. The molecule has 1 atom stereocenters. The summed E-state index contributed by atoms with van der Waals surface area (Å²) in [6.07, 6.45) is 0.764. The predicted molar refractivity (Wildman–Crippen MR) is 164 cm³/mol. The van der Waals surface area contributed by atoms with Gasteiger partial charge < -0.3 is 15.2 Å². The number of ketones is 1. The van der Waals surface area contributed by atoms with Crippen molar-refractivity contribution in [1.82, 2.24) is 0 Å². The molecule has 0 amide bonds. The highest BCUT2D eigenvalue weighted by molar-refractivity contribution is 6.30. The van der Waals surface area contributed by atoms with Crippen LogP contribution in [0.15, 0.2) is 83.3 Å². The van der Waals surface area contributed by atoms with Crippen LogP contribution in [0.25, 0.3) is 0 Å². The average molecular weight is 599 g/mol. The number of aryl methyl sites for hydroxylation is 1. The minimum Gasteiger partial charge on any atom is -0.496 e. The number of carbonyl (C=O) groups is 1. The van der Waals surface area contributed by atoms with Crippen molar-refractivity contribution in [2.24, 2.45) is 11.1 Å². The average Bonchev–Trinajstić information content (AvgIpc) is 2.96. The van der Waals surface area contributed by atoms with E-state index in [1.807, 2.05) is 32.9 Å². The van der Waals surface area contributed by atoms with E-state index in [2.05, 4.69) is 6.07 Å². The highest BCUT2D eigenvalue weighted by Crippen LogP contribution is 2.51. The molecule has 43 heavy (non-hydrogen) atoms. The first-order chi connectivity index (χ1) is 20.4. The maximum Gasteiger partial charge on any atom is 0.271 e. The number of allylic oxidation sites excluding steroid dienone is 3. The summed E-state index contributed by atoms with van der Waals surface area (Å²) in [6.45, 7) is 5.98. The van der Waals surface area contributed by atoms with Crippen LogP contribution in [0, 0.1) is 33.8 Å². The quantitative estimate of drug-likeness (QED) is 0.225. The molecule has 1 heterocycles. The first-order valence-electron chi connectivity index (χ1n) is 13.7. The van der Waals surface area contributed by atoms with Gasteiger partial charge in [-0.3, -0.25) is 19.8 Å². The molecule has 1 unspecified atom stereocenters. The fourth-order valence-electron chi connectivity index (χ4n) is 5.85. The summed E-state index contributed by atoms with van der Waals surface area (Å²) in [5.74, 6) is 0.505. The summed E-state index contributed by atoms with van der Waals surface area (Å²) in [5, 5.41) is 22.7. The molecule has 0 saturated heterocycles. The molecule has 2 N–H and O–H groups in total. The molecule has 0 spiro atoms. The van der Waals surface area contributed by atoms with Crippen LogP contribution in [0.4, 0.5) is 11.4 Å². The van der Waals surface area contributed by atoms with Gasteiger partial charge in [-0.15, -0.1) is 0 Å². The van der Waals surface area contributed by atoms with Crippen molar-refractivity contribution in [2.45, 2.75) is 46.1 Å². The molecule has 0 saturated carbocycles. The smallest absolute Gasteiger partial charge is 0.271 e. The van der Waals surface area contributed by atoms with Gasteiger partial charge in [-0.05, 0) is 66.3 Å². The Labute approximate surface area is 254 Å². The van der Waals surface area contributed by atoms with E-state index >= 15 is 0 Å². The van der Waals surface area contributed by atoms with Gasteiger partial charge in [0.1, 0.15) is 23.9 Å². The number of nitrogens with two attached hydrogens (primary N) is 1. The van der Waals surface area contributed by atoms with Crippen molar-refractivity contribution in [1.29, 1.82) is 5.26 Å². The Hall–Kier alpha value is -4.81. The van der Waals surface area contributed by atoms with Gasteiger partial charge in [0.05, 0.1) is 35.3 Å². The van der Waals surface area contributed by atoms with Gasteiger partial charge >= 0.3 is 0 Å². The standard InChI is InChI=1S/C33H31ClN4O5/c1-19-5-9-23(38(40)41)14-26(19)37-27-15-33(2,3)16-28(39)31(27)30(25(17-35)32(37)36)20-6-12-29(42-4)21(13-20)18-43-24-10-7-22(34)8-11-24/h5-14,30H,15-16,18,36H2,1-4H3. The van der Waals surface area contributed by atoms with Crippen LogP contribution in [0.3, 0.4) is 0 Å². The van der Waals surface area contributed by atoms with Gasteiger partial charge in [0, 0.05) is 40.4 Å². The number of Topliss-reactive ketones (excluding diaryl/α,β-unsaturated/α-hetero) is 1. The third-order valence-corrected chi connectivity index (χ3v) is 8.12. The van der Waals surface area contributed by atoms with Crippen LogP contribution in [-0.4, -0.2) is 17.8 Å². The summed E-state index contributed by atoms with van der Waals surface area (Å²) in [7, 11) is 1.56. The second-order valence-electron chi connectivity index (χ2n) is 11.5. The second kappa shape index (κ2) is 11.5. The molecule has 3 aromatic carbocycles. The third kappa shape index (κ3) is 5.66. The number of nitro benzene ring substituents is 1. The van der Waals surface area contributed by atoms with Gasteiger partial charge in [-0.2, -0.15) is 5.26 Å². The summed E-state index contributed by atoms with van der Waals surface area (Å²) in [4.78, 5) is 26.8. The lowest BCUT2D eigenvalue weighted by atomic mass is 9.68. The van der Waals surface area contributed by atoms with Crippen molar-refractivity contribution in [2.75, 3.05) is 12.0 Å². The number of hydrogen-bond acceptors (Lipinski definition) is 8. The number of methoxy groups -OCH3 is 1. The molecule has 3 aromatic rings. The summed E-state index contributed by atoms with van der Waals surface area (Å²) in [6, 6.07) is 19.3. The van der Waals surface area contributed by atoms with Crippen molar-refractivity contribution < 1.29 is 19.2 Å². The maximum atomic E-state index is 14.0. The fraction of sp³-hybridized carbons (Fsp3) is 0.273. The fourth-order valence-corrected chi connectivity index (χ4v) is 5.98. The molecule has 0 radical (unpaired) electrons. The van der Waals surface area contributed by atoms with Crippen LogP contribution in [0.1, 0.15) is 49.3 Å². The molecule has 10 heteroatoms. The number of ether oxygens (including phenoxy) is 2. The number of nitro groups is 1. The van der Waals surface area contributed by atoms with Crippen LogP contribution in [-0.2, 0) is 11.4 Å². The topological polar surface area (TPSA) is 132 Å². The lowest BCUT2D eigenvalue weighted by molar-refractivity contribution is -0.384. The van der Waals surface area contributed by atoms with E-state index < -0.39 is 16.3 Å². The Balaban J connectivity index is 1.67. The van der Waals surface area contributed by atoms with Gasteiger partial charge in [0.15, 0.2) is 5.78 Å². The molecule has 0 bridgehead atoms. The van der Waals surface area contributed by atoms with Crippen LogP contribution in [0.5, 0.6) is 11.5 Å². The van der Waals surface area contributed by atoms with Gasteiger partial charge in [-0.25, -0.2) is 0 Å². The molecule has 2 aliphatic rings. The van der Waals surface area contributed by atoms with Crippen molar-refractivity contribution in [3.8, 4) is 17.6 Å². The van der Waals surface area contributed by atoms with Crippen molar-refractivity contribution in [3.63, 3.8) is 0 Å². The molecule has 0 aromatic heterocycles. The SMILES string of the molecule is COc1ccc(C2C(C#N)=C(N)N(c3cc([N+](=O)[O-])ccc3C)C3=C2C(=O)CC(C)(C)C3)cc1COc1ccc(Cl)cc1. The van der Waals surface area contributed by atoms with Crippen LogP contribution in [0.2, 0.25) is 5.02 Å². The first-order valence-corrected chi connectivity index (χ1v) is 14.1. The molecule has 1 aliphatic carbocycles. The van der Waals surface area contributed by atoms with E-state index in [9.17, 15) is 20.2 Å². The Morgan fingerprint density at radius 3 is 2.51 bits per heavy atom. The van der Waals surface area contributed by atoms with Crippen molar-refractivity contribution >= 4 is 28.8 Å². The maximum absolute atomic E-state index is 14.0. The number of nitrogens with zero attached hydrogens (tertiary/aromatic N) is 3. The normalized spacial score (nSPS) is 17.8. The van der Waals surface area contributed by atoms with E-state index in [-0.39, 0.29) is 35.9 Å². The molecule has 220 valence electrons. The number of halogens is 1. The lowest BCUT2D eigenvalue weighted by Crippen LogP contribution is -2.42. The zero-order valence-electron chi connectivity index (χ0n) is 24.3. The zero-order valence-corrected chi connectivity index (χ0v) is 25.1. The van der Waals surface area contributed by atoms with E-state index in [1.165, 1.54) is 12.1 Å². The van der Waals surface area contributed by atoms with Crippen molar-refractivity contribution in [3.05, 3.63) is 115 Å². The number of non-ortho nitro benzene ring substituents is 1. The first kappa shape index (κ1) is 29.7. The van der Waals surface area contributed by atoms with E-state index in [1.54, 1.807) is 48.4 Å². The monoisotopic (exact) mass is 598 g/mol. The molecular formula is C33H31ClN4O5. The minimum absolute atomic E-state index is 0.0978. The van der Waals surface area contributed by atoms with E-state index in [0.29, 0.717) is 51.0 Å². The van der Waals surface area contributed by atoms with E-state index in [4.69, 9.17) is 26.8 Å². The number of anilines is 1. The Morgan fingerprint density at radius 1 is 1.14 bits per heavy atom. The summed E-state index contributed by atoms with van der Waals surface area (Å²) in [5.41, 5.74) is 10.1. The van der Waals surface area contributed by atoms with Crippen LogP contribution < -0.4 is 20.1 Å². The molecular weight excluding hydrogens is 568 g/mol. The predicted octanol–water partition coefficient (Wildman–Crippen LogP) is 7.09. The number of nitriles is 1. The highest BCUT2D eigenvalue weighted by Gasteiger charge is 2.45. The number of rotatable bonds is 7. The summed E-state index contributed by atoms with van der Waals surface area (Å²) < 4.78 is 11.6. The molecule has 9 nitrogen and oxygen atoms in total. The number of benzene rings is 3. The minimum atomic E-state index is -0.737. The third-order valence-electron chi connectivity index (χ3n) is 7.87. The summed E-state index contributed by atoms with van der Waals surface area (Å²) >= 11 is 6.01. The van der Waals surface area contributed by atoms with Gasteiger partial charge in [0.25, 0.3) is 5.69 Å². The Bertz CT molecular complexity index is 1740. The lowest BCUT2D eigenvalue weighted by Gasteiger charge is -2.44. The molecule has 1 aliphatic heterocycles. The van der Waals surface area contributed by atoms with Gasteiger partial charge in [-0.1, -0.05) is 37.6 Å². The van der Waals surface area contributed by atoms with Gasteiger partial charge in [0.2, 0.25) is 0 Å².